The molecule has 53 heavy (non-hydrogen) atoms. The molecule has 0 saturated carbocycles. The number of hydrogen-bond acceptors (Lipinski definition) is 5. The third kappa shape index (κ3) is 5.81. The highest BCUT2D eigenvalue weighted by Gasteiger charge is 2.24. The van der Waals surface area contributed by atoms with E-state index in [9.17, 15) is 0 Å². The summed E-state index contributed by atoms with van der Waals surface area (Å²) in [5.41, 5.74) is 8.90. The Balaban J connectivity index is 1.04. The monoisotopic (exact) mass is 716 g/mol. The minimum atomic E-state index is 0.865. The molecule has 252 valence electrons. The van der Waals surface area contributed by atoms with Crippen molar-refractivity contribution in [2.24, 2.45) is 0 Å². The lowest BCUT2D eigenvalue weighted by atomic mass is 10.0. The molecule has 1 aliphatic heterocycles. The number of rotatable bonds is 7. The summed E-state index contributed by atoms with van der Waals surface area (Å²) in [7, 11) is 0. The molecular weight excluding hydrogens is 685 g/mol. The lowest BCUT2D eigenvalue weighted by Crippen LogP contribution is -2.10. The highest BCUT2D eigenvalue weighted by Crippen LogP contribution is 2.53. The van der Waals surface area contributed by atoms with Crippen molar-refractivity contribution in [1.29, 1.82) is 0 Å². The standard InChI is InChI=1S/C48H32N2OS2/c1-4-15-34(16-5-1)49(35-17-6-2-7-18-35)37-21-12-14-33(30-37)40-23-13-24-44-48(40)53-47-32-39(27-29-43(47)51-44)50(36-19-8-3-9-20-36)38-26-28-42-41-22-10-11-25-45(41)52-46(42)31-38/h1-32H. The number of nitrogens with zero attached hydrogens (tertiary/aromatic N) is 2. The van der Waals surface area contributed by atoms with Crippen LogP contribution in [-0.4, -0.2) is 0 Å². The van der Waals surface area contributed by atoms with E-state index in [1.807, 2.05) is 11.3 Å². The van der Waals surface area contributed by atoms with E-state index < -0.39 is 0 Å². The molecule has 0 amide bonds. The van der Waals surface area contributed by atoms with Gasteiger partial charge in [0, 0.05) is 54.3 Å². The summed E-state index contributed by atoms with van der Waals surface area (Å²) >= 11 is 3.62. The summed E-state index contributed by atoms with van der Waals surface area (Å²) in [6.07, 6.45) is 0. The van der Waals surface area contributed by atoms with Crippen LogP contribution in [0.3, 0.4) is 0 Å². The van der Waals surface area contributed by atoms with E-state index in [4.69, 9.17) is 4.74 Å². The minimum Gasteiger partial charge on any atom is -0.455 e. The first kappa shape index (κ1) is 31.5. The van der Waals surface area contributed by atoms with Crippen molar-refractivity contribution in [2.75, 3.05) is 9.80 Å². The van der Waals surface area contributed by atoms with Crippen molar-refractivity contribution in [2.45, 2.75) is 9.79 Å². The van der Waals surface area contributed by atoms with E-state index in [-0.39, 0.29) is 0 Å². The van der Waals surface area contributed by atoms with Crippen LogP contribution in [0.2, 0.25) is 0 Å². The molecule has 0 saturated heterocycles. The second-order valence-corrected chi connectivity index (χ2v) is 15.1. The SMILES string of the molecule is c1ccc(N(c2ccccc2)c2cccc(-c3cccc4c3Sc3cc(N(c5ccccc5)c5ccc6c(c5)sc5ccccc56)ccc3O4)c2)cc1. The number of ether oxygens (including phenoxy) is 1. The fourth-order valence-electron chi connectivity index (χ4n) is 7.25. The van der Waals surface area contributed by atoms with Crippen LogP contribution in [0.5, 0.6) is 11.5 Å². The third-order valence-electron chi connectivity index (χ3n) is 9.68. The fourth-order valence-corrected chi connectivity index (χ4v) is 9.50. The zero-order valence-electron chi connectivity index (χ0n) is 28.6. The highest BCUT2D eigenvalue weighted by atomic mass is 32.2. The van der Waals surface area contributed by atoms with E-state index in [1.54, 1.807) is 11.8 Å². The molecule has 3 nitrogen and oxygen atoms in total. The van der Waals surface area contributed by atoms with Crippen LogP contribution in [0.25, 0.3) is 31.3 Å². The van der Waals surface area contributed by atoms with Gasteiger partial charge in [0.2, 0.25) is 0 Å². The quantitative estimate of drug-likeness (QED) is 0.163. The minimum absolute atomic E-state index is 0.865. The molecule has 1 aromatic heterocycles. The van der Waals surface area contributed by atoms with Crippen molar-refractivity contribution in [1.82, 2.24) is 0 Å². The van der Waals surface area contributed by atoms with Gasteiger partial charge in [-0.25, -0.2) is 0 Å². The van der Waals surface area contributed by atoms with Crippen LogP contribution < -0.4 is 14.5 Å². The Labute approximate surface area is 317 Å². The van der Waals surface area contributed by atoms with Gasteiger partial charge in [-0.15, -0.1) is 11.3 Å². The molecule has 5 heteroatoms. The van der Waals surface area contributed by atoms with Crippen LogP contribution in [0.4, 0.5) is 34.1 Å². The van der Waals surface area contributed by atoms with Gasteiger partial charge in [0.05, 0.1) is 9.79 Å². The Morgan fingerprint density at radius 1 is 0.377 bits per heavy atom. The summed E-state index contributed by atoms with van der Waals surface area (Å²) in [4.78, 5) is 6.84. The smallest absolute Gasteiger partial charge is 0.142 e. The van der Waals surface area contributed by atoms with E-state index in [0.717, 1.165) is 66.5 Å². The molecule has 0 spiro atoms. The number of hydrogen-bond donors (Lipinski definition) is 0. The first-order valence-corrected chi connectivity index (χ1v) is 19.3. The highest BCUT2D eigenvalue weighted by molar-refractivity contribution is 7.99. The molecule has 10 rings (SSSR count). The second kappa shape index (κ2) is 13.4. The van der Waals surface area contributed by atoms with Crippen molar-refractivity contribution in [3.63, 3.8) is 0 Å². The topological polar surface area (TPSA) is 15.7 Å². The van der Waals surface area contributed by atoms with Crippen LogP contribution in [0.15, 0.2) is 204 Å². The Kier molecular flexibility index (Phi) is 7.94. The molecule has 0 bridgehead atoms. The Morgan fingerprint density at radius 3 is 1.68 bits per heavy atom. The van der Waals surface area contributed by atoms with Crippen LogP contribution >= 0.6 is 23.1 Å². The summed E-state index contributed by atoms with van der Waals surface area (Å²) < 4.78 is 9.23. The van der Waals surface area contributed by atoms with Crippen LogP contribution in [0.1, 0.15) is 0 Å². The maximum absolute atomic E-state index is 6.65. The van der Waals surface area contributed by atoms with E-state index in [0.29, 0.717) is 0 Å². The fraction of sp³-hybridized carbons (Fsp3) is 0. The largest absolute Gasteiger partial charge is 0.455 e. The molecule has 2 heterocycles. The van der Waals surface area contributed by atoms with Crippen LogP contribution in [0, 0.1) is 0 Å². The number of thiophene rings is 1. The zero-order chi connectivity index (χ0) is 35.1. The average molecular weight is 717 g/mol. The molecule has 9 aromatic rings. The molecule has 0 aliphatic carbocycles. The maximum Gasteiger partial charge on any atom is 0.142 e. The van der Waals surface area contributed by atoms with Gasteiger partial charge in [-0.2, -0.15) is 0 Å². The van der Waals surface area contributed by atoms with Gasteiger partial charge in [-0.3, -0.25) is 0 Å². The number of anilines is 6. The van der Waals surface area contributed by atoms with Gasteiger partial charge in [-0.05, 0) is 102 Å². The molecular formula is C48H32N2OS2. The van der Waals surface area contributed by atoms with E-state index in [1.165, 1.54) is 20.2 Å². The van der Waals surface area contributed by atoms with Gasteiger partial charge in [-0.1, -0.05) is 115 Å². The molecule has 0 radical (unpaired) electrons. The molecule has 0 fully saturated rings. The first-order valence-electron chi connectivity index (χ1n) is 17.7. The summed E-state index contributed by atoms with van der Waals surface area (Å²) in [6, 6.07) is 68.9. The Bertz CT molecular complexity index is 2710. The van der Waals surface area contributed by atoms with Gasteiger partial charge in [0.1, 0.15) is 11.5 Å². The lowest BCUT2D eigenvalue weighted by molar-refractivity contribution is 0.455. The summed E-state index contributed by atoms with van der Waals surface area (Å²) in [5, 5.41) is 2.60. The van der Waals surface area contributed by atoms with Gasteiger partial charge in [0.25, 0.3) is 0 Å². The molecule has 0 atom stereocenters. The Morgan fingerprint density at radius 2 is 0.943 bits per heavy atom. The normalized spacial score (nSPS) is 11.8. The predicted octanol–water partition coefficient (Wildman–Crippen LogP) is 14.9. The third-order valence-corrected chi connectivity index (χ3v) is 12.0. The molecule has 8 aromatic carbocycles. The summed E-state index contributed by atoms with van der Waals surface area (Å²) in [5.74, 6) is 1.74. The van der Waals surface area contributed by atoms with Crippen molar-refractivity contribution in [3.8, 4) is 22.6 Å². The van der Waals surface area contributed by atoms with E-state index >= 15 is 0 Å². The van der Waals surface area contributed by atoms with Gasteiger partial charge < -0.3 is 14.5 Å². The van der Waals surface area contributed by atoms with E-state index in [2.05, 4.69) is 204 Å². The Hall–Kier alpha value is -6.27. The average Bonchev–Trinajstić information content (AvgIpc) is 3.59. The molecule has 0 N–H and O–H groups in total. The van der Waals surface area contributed by atoms with Crippen molar-refractivity contribution in [3.05, 3.63) is 194 Å². The molecule has 0 unspecified atom stereocenters. The molecule has 1 aliphatic rings. The zero-order valence-corrected chi connectivity index (χ0v) is 30.2. The first-order chi connectivity index (χ1) is 26.3. The van der Waals surface area contributed by atoms with Gasteiger partial charge in [0.15, 0.2) is 0 Å². The summed E-state index contributed by atoms with van der Waals surface area (Å²) in [6.45, 7) is 0. The lowest BCUT2D eigenvalue weighted by Gasteiger charge is -2.28. The maximum atomic E-state index is 6.65. The second-order valence-electron chi connectivity index (χ2n) is 13.0. The predicted molar refractivity (Wildman–Crippen MR) is 225 cm³/mol. The van der Waals surface area contributed by atoms with Crippen molar-refractivity contribution < 1.29 is 4.74 Å². The van der Waals surface area contributed by atoms with Crippen molar-refractivity contribution >= 4 is 77.4 Å². The van der Waals surface area contributed by atoms with Gasteiger partial charge >= 0.3 is 0 Å². The number of para-hydroxylation sites is 3. The van der Waals surface area contributed by atoms with Crippen LogP contribution in [-0.2, 0) is 0 Å². The number of benzene rings is 8. The number of fused-ring (bicyclic) bond motifs is 5.